The summed E-state index contributed by atoms with van der Waals surface area (Å²) in [7, 11) is 0. The van der Waals surface area contributed by atoms with Crippen LogP contribution >= 0.6 is 0 Å². The summed E-state index contributed by atoms with van der Waals surface area (Å²) in [5, 5.41) is 8.92. The first kappa shape index (κ1) is 13.9. The van der Waals surface area contributed by atoms with E-state index in [0.29, 0.717) is 24.3 Å². The van der Waals surface area contributed by atoms with Crippen molar-refractivity contribution in [3.8, 4) is 11.8 Å². The Hall–Kier alpha value is -2.55. The maximum absolute atomic E-state index is 12.0. The molecule has 1 heterocycles. The van der Waals surface area contributed by atoms with Crippen molar-refractivity contribution in [3.05, 3.63) is 29.8 Å². The molecule has 0 saturated carbocycles. The van der Waals surface area contributed by atoms with Crippen LogP contribution in [-0.2, 0) is 9.59 Å². The summed E-state index contributed by atoms with van der Waals surface area (Å²) < 4.78 is 5.36. The number of nitriles is 1. The van der Waals surface area contributed by atoms with E-state index < -0.39 is 11.9 Å². The van der Waals surface area contributed by atoms with E-state index in [1.165, 1.54) is 4.90 Å². The Balaban J connectivity index is 1.99. The lowest BCUT2D eigenvalue weighted by Gasteiger charge is -2.22. The van der Waals surface area contributed by atoms with Crippen molar-refractivity contribution < 1.29 is 14.3 Å². The third kappa shape index (κ3) is 2.88. The van der Waals surface area contributed by atoms with Gasteiger partial charge in [0.1, 0.15) is 17.9 Å². The van der Waals surface area contributed by atoms with Crippen LogP contribution in [0.25, 0.3) is 0 Å². The number of benzene rings is 1. The molecule has 0 radical (unpaired) electrons. The first-order valence-electron chi connectivity index (χ1n) is 6.34. The number of primary amides is 1. The third-order valence-corrected chi connectivity index (χ3v) is 3.26. The fourth-order valence-corrected chi connectivity index (χ4v) is 2.27. The number of ether oxygens (including phenoxy) is 1. The monoisotopic (exact) mass is 273 g/mol. The lowest BCUT2D eigenvalue weighted by molar-refractivity contribution is -0.138. The predicted molar refractivity (Wildman–Crippen MR) is 70.6 cm³/mol. The number of nitrogens with two attached hydrogens (primary N) is 1. The Bertz CT molecular complexity index is 565. The van der Waals surface area contributed by atoms with Crippen molar-refractivity contribution in [2.45, 2.75) is 18.9 Å². The van der Waals surface area contributed by atoms with Gasteiger partial charge in [-0.2, -0.15) is 5.26 Å². The number of nitrogens with zero attached hydrogens (tertiary/aromatic N) is 2. The zero-order chi connectivity index (χ0) is 14.5. The van der Waals surface area contributed by atoms with Gasteiger partial charge in [0.25, 0.3) is 5.91 Å². The van der Waals surface area contributed by atoms with E-state index in [1.54, 1.807) is 24.3 Å². The topological polar surface area (TPSA) is 96.4 Å². The minimum absolute atomic E-state index is 0.206. The maximum atomic E-state index is 12.0. The molecule has 2 rings (SSSR count). The van der Waals surface area contributed by atoms with E-state index in [0.717, 1.165) is 6.42 Å². The summed E-state index contributed by atoms with van der Waals surface area (Å²) in [6.07, 6.45) is 1.35. The molecule has 2 N–H and O–H groups in total. The van der Waals surface area contributed by atoms with Gasteiger partial charge in [0.05, 0.1) is 5.56 Å². The van der Waals surface area contributed by atoms with Crippen LogP contribution < -0.4 is 10.5 Å². The predicted octanol–water partition coefficient (Wildman–Crippen LogP) is 0.413. The van der Waals surface area contributed by atoms with E-state index in [9.17, 15) is 9.59 Å². The largest absolute Gasteiger partial charge is 0.482 e. The summed E-state index contributed by atoms with van der Waals surface area (Å²) in [5.74, 6) is -0.425. The SMILES string of the molecule is N#Cc1ccccc1OCC(=O)N1CCCC1C(N)=O. The number of hydrogen-bond donors (Lipinski definition) is 1. The number of para-hydroxylation sites is 1. The molecule has 1 aliphatic rings. The molecular weight excluding hydrogens is 258 g/mol. The first-order valence-corrected chi connectivity index (χ1v) is 6.34. The molecule has 1 atom stereocenters. The number of rotatable bonds is 4. The molecule has 0 aliphatic carbocycles. The molecule has 1 unspecified atom stereocenters. The van der Waals surface area contributed by atoms with Gasteiger partial charge in [-0.3, -0.25) is 9.59 Å². The molecule has 2 amide bonds. The van der Waals surface area contributed by atoms with Crippen molar-refractivity contribution in [1.82, 2.24) is 4.90 Å². The Labute approximate surface area is 116 Å². The van der Waals surface area contributed by atoms with Crippen molar-refractivity contribution in [2.75, 3.05) is 13.2 Å². The molecule has 1 fully saturated rings. The summed E-state index contributed by atoms with van der Waals surface area (Å²) >= 11 is 0. The first-order chi connectivity index (χ1) is 9.63. The van der Waals surface area contributed by atoms with Gasteiger partial charge in [0, 0.05) is 6.54 Å². The molecule has 6 nitrogen and oxygen atoms in total. The van der Waals surface area contributed by atoms with E-state index in [1.807, 2.05) is 6.07 Å². The van der Waals surface area contributed by atoms with Gasteiger partial charge in [-0.25, -0.2) is 0 Å². The number of amides is 2. The van der Waals surface area contributed by atoms with E-state index in [4.69, 9.17) is 15.7 Å². The van der Waals surface area contributed by atoms with Crippen LogP contribution in [0, 0.1) is 11.3 Å². The Morgan fingerprint density at radius 2 is 2.20 bits per heavy atom. The second kappa shape index (κ2) is 6.06. The molecule has 104 valence electrons. The van der Waals surface area contributed by atoms with Crippen LogP contribution in [0.15, 0.2) is 24.3 Å². The van der Waals surface area contributed by atoms with Gasteiger partial charge >= 0.3 is 0 Å². The molecule has 1 aromatic rings. The number of likely N-dealkylation sites (tertiary alicyclic amines) is 1. The van der Waals surface area contributed by atoms with Crippen LogP contribution in [0.1, 0.15) is 18.4 Å². The van der Waals surface area contributed by atoms with Crippen molar-refractivity contribution in [1.29, 1.82) is 5.26 Å². The molecule has 0 aromatic heterocycles. The molecule has 6 heteroatoms. The average Bonchev–Trinajstić information content (AvgIpc) is 2.94. The van der Waals surface area contributed by atoms with Crippen LogP contribution in [0.2, 0.25) is 0 Å². The average molecular weight is 273 g/mol. The van der Waals surface area contributed by atoms with Gasteiger partial charge in [0.15, 0.2) is 6.61 Å². The minimum atomic E-state index is -0.544. The summed E-state index contributed by atoms with van der Waals surface area (Å²) in [5.41, 5.74) is 5.63. The summed E-state index contributed by atoms with van der Waals surface area (Å²) in [4.78, 5) is 24.7. The van der Waals surface area contributed by atoms with Crippen molar-refractivity contribution in [3.63, 3.8) is 0 Å². The third-order valence-electron chi connectivity index (χ3n) is 3.26. The van der Waals surface area contributed by atoms with E-state index >= 15 is 0 Å². The summed E-state index contributed by atoms with van der Waals surface area (Å²) in [6, 6.07) is 8.13. The molecule has 1 saturated heterocycles. The zero-order valence-electron chi connectivity index (χ0n) is 10.9. The van der Waals surface area contributed by atoms with Crippen LogP contribution in [-0.4, -0.2) is 35.9 Å². The highest BCUT2D eigenvalue weighted by atomic mass is 16.5. The quantitative estimate of drug-likeness (QED) is 0.859. The number of carbonyl (C=O) groups is 2. The molecule has 1 aliphatic heterocycles. The fraction of sp³-hybridized carbons (Fsp3) is 0.357. The van der Waals surface area contributed by atoms with Crippen LogP contribution in [0.3, 0.4) is 0 Å². The molecule has 1 aromatic carbocycles. The standard InChI is InChI=1S/C14H15N3O3/c15-8-10-4-1-2-6-12(10)20-9-13(18)17-7-3-5-11(17)14(16)19/h1-2,4,6,11H,3,5,7,9H2,(H2,16,19). The second-order valence-corrected chi connectivity index (χ2v) is 4.54. The Morgan fingerprint density at radius 3 is 2.90 bits per heavy atom. The molecule has 0 spiro atoms. The lowest BCUT2D eigenvalue weighted by atomic mass is 10.2. The van der Waals surface area contributed by atoms with Crippen LogP contribution in [0.5, 0.6) is 5.75 Å². The lowest BCUT2D eigenvalue weighted by Crippen LogP contribution is -2.45. The van der Waals surface area contributed by atoms with Gasteiger partial charge < -0.3 is 15.4 Å². The summed E-state index contributed by atoms with van der Waals surface area (Å²) in [6.45, 7) is 0.304. The van der Waals surface area contributed by atoms with E-state index in [2.05, 4.69) is 0 Å². The Kier molecular flexibility index (Phi) is 4.20. The van der Waals surface area contributed by atoms with Crippen molar-refractivity contribution >= 4 is 11.8 Å². The molecule has 20 heavy (non-hydrogen) atoms. The highest BCUT2D eigenvalue weighted by Crippen LogP contribution is 2.19. The van der Waals surface area contributed by atoms with Gasteiger partial charge in [0.2, 0.25) is 5.91 Å². The van der Waals surface area contributed by atoms with E-state index in [-0.39, 0.29) is 12.5 Å². The van der Waals surface area contributed by atoms with Crippen molar-refractivity contribution in [2.24, 2.45) is 5.73 Å². The fourth-order valence-electron chi connectivity index (χ4n) is 2.27. The highest BCUT2D eigenvalue weighted by Gasteiger charge is 2.32. The normalized spacial score (nSPS) is 17.6. The molecular formula is C14H15N3O3. The highest BCUT2D eigenvalue weighted by molar-refractivity contribution is 5.87. The second-order valence-electron chi connectivity index (χ2n) is 4.54. The van der Waals surface area contributed by atoms with Crippen LogP contribution in [0.4, 0.5) is 0 Å². The Morgan fingerprint density at radius 1 is 1.45 bits per heavy atom. The number of carbonyl (C=O) groups excluding carboxylic acids is 2. The minimum Gasteiger partial charge on any atom is -0.482 e. The van der Waals surface area contributed by atoms with Gasteiger partial charge in [-0.15, -0.1) is 0 Å². The maximum Gasteiger partial charge on any atom is 0.261 e. The van der Waals surface area contributed by atoms with Gasteiger partial charge in [-0.1, -0.05) is 12.1 Å². The zero-order valence-corrected chi connectivity index (χ0v) is 10.9. The smallest absolute Gasteiger partial charge is 0.261 e. The molecule has 0 bridgehead atoms. The van der Waals surface area contributed by atoms with Gasteiger partial charge in [-0.05, 0) is 25.0 Å². The number of hydrogen-bond acceptors (Lipinski definition) is 4.